The fourth-order valence-corrected chi connectivity index (χ4v) is 2.61. The molecule has 2 fully saturated rings. The van der Waals surface area contributed by atoms with Gasteiger partial charge in [-0.15, -0.1) is 0 Å². The van der Waals surface area contributed by atoms with Crippen LogP contribution >= 0.6 is 0 Å². The number of carbonyl (C=O) groups excluding carboxylic acids is 2. The Hall–Kier alpha value is -1.10. The highest BCUT2D eigenvalue weighted by Gasteiger charge is 2.41. The van der Waals surface area contributed by atoms with Crippen LogP contribution in [0.25, 0.3) is 0 Å². The molecule has 0 bridgehead atoms. The van der Waals surface area contributed by atoms with Gasteiger partial charge < -0.3 is 15.1 Å². The predicted molar refractivity (Wildman–Crippen MR) is 73.6 cm³/mol. The first kappa shape index (κ1) is 14.3. The lowest BCUT2D eigenvalue weighted by Crippen LogP contribution is -2.49. The molecule has 108 valence electrons. The lowest BCUT2D eigenvalue weighted by atomic mass is 10.1. The van der Waals surface area contributed by atoms with E-state index in [9.17, 15) is 9.59 Å². The van der Waals surface area contributed by atoms with Crippen LogP contribution in [-0.2, 0) is 9.59 Å². The van der Waals surface area contributed by atoms with Crippen LogP contribution in [0.15, 0.2) is 0 Å². The second kappa shape index (κ2) is 5.90. The number of nitrogens with zero attached hydrogens (tertiary/aromatic N) is 2. The van der Waals surface area contributed by atoms with Crippen molar-refractivity contribution in [1.82, 2.24) is 15.1 Å². The summed E-state index contributed by atoms with van der Waals surface area (Å²) in [6.45, 7) is 3.60. The Morgan fingerprint density at radius 1 is 1.37 bits per heavy atom. The molecule has 1 N–H and O–H groups in total. The maximum Gasteiger partial charge on any atom is 0.245 e. The number of hydrogen-bond donors (Lipinski definition) is 1. The average molecular weight is 267 g/mol. The summed E-state index contributed by atoms with van der Waals surface area (Å²) in [7, 11) is 4.07. The van der Waals surface area contributed by atoms with Gasteiger partial charge in [-0.3, -0.25) is 9.59 Å². The van der Waals surface area contributed by atoms with Crippen molar-refractivity contribution >= 4 is 11.8 Å². The van der Waals surface area contributed by atoms with Crippen molar-refractivity contribution in [2.75, 3.05) is 27.2 Å². The van der Waals surface area contributed by atoms with E-state index in [2.05, 4.69) is 17.1 Å². The molecule has 0 radical (unpaired) electrons. The minimum atomic E-state index is -0.267. The zero-order chi connectivity index (χ0) is 14.0. The molecule has 0 aromatic heterocycles. The van der Waals surface area contributed by atoms with Crippen LogP contribution in [-0.4, -0.2) is 60.9 Å². The summed E-state index contributed by atoms with van der Waals surface area (Å²) in [5.74, 6) is 0.519. The SMILES string of the molecule is CC(CCN(C)C)N1CCC(=O)NC(C2CC2)C1=O. The molecule has 1 saturated heterocycles. The van der Waals surface area contributed by atoms with Gasteiger partial charge in [0.2, 0.25) is 11.8 Å². The molecule has 1 aliphatic carbocycles. The van der Waals surface area contributed by atoms with Gasteiger partial charge >= 0.3 is 0 Å². The van der Waals surface area contributed by atoms with Crippen LogP contribution in [0.3, 0.4) is 0 Å². The summed E-state index contributed by atoms with van der Waals surface area (Å²) in [6, 6.07) is -0.0688. The van der Waals surface area contributed by atoms with Crippen molar-refractivity contribution in [3.63, 3.8) is 0 Å². The zero-order valence-corrected chi connectivity index (χ0v) is 12.2. The van der Waals surface area contributed by atoms with Crippen LogP contribution in [0.4, 0.5) is 0 Å². The monoisotopic (exact) mass is 267 g/mol. The highest BCUT2D eigenvalue weighted by Crippen LogP contribution is 2.34. The normalized spacial score (nSPS) is 26.3. The highest BCUT2D eigenvalue weighted by atomic mass is 16.2. The molecule has 2 aliphatic rings. The van der Waals surface area contributed by atoms with Crippen LogP contribution in [0.2, 0.25) is 0 Å². The third kappa shape index (κ3) is 3.69. The second-order valence-corrected chi connectivity index (χ2v) is 6.11. The Bertz CT molecular complexity index is 353. The molecule has 0 spiro atoms. The highest BCUT2D eigenvalue weighted by molar-refractivity contribution is 5.90. The molecular weight excluding hydrogens is 242 g/mol. The topological polar surface area (TPSA) is 52.6 Å². The average Bonchev–Trinajstić information content (AvgIpc) is 3.16. The van der Waals surface area contributed by atoms with Crippen LogP contribution in [0, 0.1) is 5.92 Å². The van der Waals surface area contributed by atoms with E-state index >= 15 is 0 Å². The summed E-state index contributed by atoms with van der Waals surface area (Å²) in [4.78, 5) is 28.3. The van der Waals surface area contributed by atoms with Gasteiger partial charge in [0.15, 0.2) is 0 Å². The first-order valence-corrected chi connectivity index (χ1v) is 7.23. The van der Waals surface area contributed by atoms with Crippen molar-refractivity contribution in [2.24, 2.45) is 5.92 Å². The molecule has 2 rings (SSSR count). The number of hydrogen-bond acceptors (Lipinski definition) is 3. The Morgan fingerprint density at radius 2 is 2.05 bits per heavy atom. The third-order valence-corrected chi connectivity index (χ3v) is 4.06. The largest absolute Gasteiger partial charge is 0.344 e. The van der Waals surface area contributed by atoms with Gasteiger partial charge in [-0.05, 0) is 52.7 Å². The van der Waals surface area contributed by atoms with E-state index in [1.807, 2.05) is 19.0 Å². The minimum Gasteiger partial charge on any atom is -0.344 e. The number of amides is 2. The Kier molecular flexibility index (Phi) is 4.45. The van der Waals surface area contributed by atoms with Gasteiger partial charge in [0.25, 0.3) is 0 Å². The van der Waals surface area contributed by atoms with E-state index in [0.717, 1.165) is 25.8 Å². The van der Waals surface area contributed by atoms with Crippen LogP contribution in [0.5, 0.6) is 0 Å². The Balaban J connectivity index is 2.00. The van der Waals surface area contributed by atoms with E-state index in [-0.39, 0.29) is 23.9 Å². The summed E-state index contributed by atoms with van der Waals surface area (Å²) < 4.78 is 0. The Labute approximate surface area is 115 Å². The number of rotatable bonds is 5. The van der Waals surface area contributed by atoms with E-state index in [0.29, 0.717) is 18.9 Å². The van der Waals surface area contributed by atoms with Crippen molar-refractivity contribution in [3.8, 4) is 0 Å². The molecule has 1 saturated carbocycles. The lowest BCUT2D eigenvalue weighted by molar-refractivity contribution is -0.136. The van der Waals surface area contributed by atoms with E-state index in [1.54, 1.807) is 0 Å². The van der Waals surface area contributed by atoms with Crippen molar-refractivity contribution in [3.05, 3.63) is 0 Å². The molecule has 1 aliphatic heterocycles. The molecule has 2 unspecified atom stereocenters. The van der Waals surface area contributed by atoms with Gasteiger partial charge in [0.05, 0.1) is 0 Å². The molecule has 19 heavy (non-hydrogen) atoms. The maximum atomic E-state index is 12.6. The summed E-state index contributed by atoms with van der Waals surface area (Å²) in [6.07, 6.45) is 3.51. The van der Waals surface area contributed by atoms with Gasteiger partial charge in [-0.25, -0.2) is 0 Å². The molecule has 1 heterocycles. The molecule has 5 heteroatoms. The molecule has 2 atom stereocenters. The first-order valence-electron chi connectivity index (χ1n) is 7.23. The zero-order valence-electron chi connectivity index (χ0n) is 12.2. The fraction of sp³-hybridized carbons (Fsp3) is 0.857. The van der Waals surface area contributed by atoms with Crippen LogP contribution < -0.4 is 5.32 Å². The minimum absolute atomic E-state index is 0.0209. The third-order valence-electron chi connectivity index (χ3n) is 4.06. The Morgan fingerprint density at radius 3 is 2.63 bits per heavy atom. The quantitative estimate of drug-likeness (QED) is 0.787. The van der Waals surface area contributed by atoms with Gasteiger partial charge in [-0.2, -0.15) is 0 Å². The molecule has 0 aromatic rings. The van der Waals surface area contributed by atoms with E-state index in [1.165, 1.54) is 0 Å². The van der Waals surface area contributed by atoms with E-state index in [4.69, 9.17) is 0 Å². The maximum absolute atomic E-state index is 12.6. The van der Waals surface area contributed by atoms with Crippen LogP contribution in [0.1, 0.15) is 32.6 Å². The second-order valence-electron chi connectivity index (χ2n) is 6.11. The van der Waals surface area contributed by atoms with Gasteiger partial charge in [0, 0.05) is 19.0 Å². The molecule has 5 nitrogen and oxygen atoms in total. The number of carbonyl (C=O) groups is 2. The van der Waals surface area contributed by atoms with Gasteiger partial charge in [-0.1, -0.05) is 0 Å². The lowest BCUT2D eigenvalue weighted by Gasteiger charge is -2.30. The standard InChI is InChI=1S/C14H25N3O2/c1-10(6-8-16(2)3)17-9-7-12(18)15-13(14(17)19)11-4-5-11/h10-11,13H,4-9H2,1-3H3,(H,15,18). The molecule has 2 amide bonds. The molecular formula is C14H25N3O2. The van der Waals surface area contributed by atoms with Gasteiger partial charge in [0.1, 0.15) is 6.04 Å². The smallest absolute Gasteiger partial charge is 0.245 e. The summed E-state index contributed by atoms with van der Waals surface area (Å²) in [5.41, 5.74) is 0. The summed E-state index contributed by atoms with van der Waals surface area (Å²) in [5, 5.41) is 2.90. The first-order chi connectivity index (χ1) is 8.99. The summed E-state index contributed by atoms with van der Waals surface area (Å²) >= 11 is 0. The predicted octanol–water partition coefficient (Wildman–Crippen LogP) is 0.454. The van der Waals surface area contributed by atoms with Crippen molar-refractivity contribution < 1.29 is 9.59 Å². The molecule has 0 aromatic carbocycles. The fourth-order valence-electron chi connectivity index (χ4n) is 2.61. The number of nitrogens with one attached hydrogen (secondary N) is 1. The van der Waals surface area contributed by atoms with E-state index < -0.39 is 0 Å². The van der Waals surface area contributed by atoms with Crippen molar-refractivity contribution in [1.29, 1.82) is 0 Å². The van der Waals surface area contributed by atoms with Crippen molar-refractivity contribution in [2.45, 2.75) is 44.7 Å².